The van der Waals surface area contributed by atoms with E-state index in [1.807, 2.05) is 0 Å². The minimum Gasteiger partial charge on any atom is -0.582 e. The Labute approximate surface area is 183 Å². The summed E-state index contributed by atoms with van der Waals surface area (Å²) < 4.78 is 197. The molecule has 0 spiro atoms. The van der Waals surface area contributed by atoms with Crippen LogP contribution in [0.5, 0.6) is 0 Å². The van der Waals surface area contributed by atoms with Gasteiger partial charge in [0, 0.05) is 5.60 Å². The Hall–Kier alpha value is -0.518. The molecule has 1 atom stereocenters. The number of hydrogen-bond donors (Lipinski definition) is 0. The van der Waals surface area contributed by atoms with E-state index in [1.54, 1.807) is 0 Å². The van der Waals surface area contributed by atoms with E-state index in [2.05, 4.69) is 14.6 Å². The molecule has 33 heavy (non-hydrogen) atoms. The fourth-order valence-electron chi connectivity index (χ4n) is 1.78. The molecule has 0 bridgehead atoms. The Kier molecular flexibility index (Phi) is 8.71. The van der Waals surface area contributed by atoms with Crippen LogP contribution in [0.1, 0.15) is 41.5 Å². The smallest absolute Gasteiger partial charge is 0.582 e. The van der Waals surface area contributed by atoms with Gasteiger partial charge in [-0.3, -0.25) is 0 Å². The van der Waals surface area contributed by atoms with Crippen LogP contribution >= 0.6 is 0 Å². The summed E-state index contributed by atoms with van der Waals surface area (Å²) >= 11 is -7.65. The maximum absolute atomic E-state index is 13.3. The van der Waals surface area contributed by atoms with Gasteiger partial charge in [-0.15, -0.1) is 0 Å². The summed E-state index contributed by atoms with van der Waals surface area (Å²) in [5, 5.41) is 0. The first-order chi connectivity index (χ1) is 13.8. The van der Waals surface area contributed by atoms with E-state index in [9.17, 15) is 61.1 Å². The molecule has 1 unspecified atom stereocenters. The minimum atomic E-state index is -7.65. The zero-order valence-corrected chi connectivity index (χ0v) is 19.4. The molecular formula is C13H18AlF12O6S-. The van der Waals surface area contributed by atoms with Gasteiger partial charge in [-0.1, -0.05) is 0 Å². The van der Waals surface area contributed by atoms with Crippen molar-refractivity contribution in [2.75, 3.05) is 0 Å². The van der Waals surface area contributed by atoms with Crippen LogP contribution < -0.4 is 0 Å². The lowest BCUT2D eigenvalue weighted by Crippen LogP contribution is -2.69. The highest BCUT2D eigenvalue weighted by Crippen LogP contribution is 2.49. The second-order valence-corrected chi connectivity index (χ2v) is 12.1. The molecule has 0 amide bonds. The first kappa shape index (κ1) is 32.5. The Morgan fingerprint density at radius 3 is 1.18 bits per heavy atom. The third-order valence-corrected chi connectivity index (χ3v) is 8.77. The molecule has 20 heteroatoms. The van der Waals surface area contributed by atoms with Gasteiger partial charge in [0.15, 0.2) is 0 Å². The number of rotatable bonds is 7. The van der Waals surface area contributed by atoms with Crippen LogP contribution in [0.25, 0.3) is 0 Å². The molecule has 0 N–H and O–H groups in total. The molecular weight excluding hydrogens is 539 g/mol. The van der Waals surface area contributed by atoms with E-state index in [0.29, 0.717) is 0 Å². The topological polar surface area (TPSA) is 71.1 Å². The normalized spacial score (nSPS) is 17.8. The fourth-order valence-corrected chi connectivity index (χ4v) is 6.64. The first-order valence-electron chi connectivity index (χ1n) is 8.28. The molecule has 0 heterocycles. The van der Waals surface area contributed by atoms with Crippen LogP contribution in [0.4, 0.5) is 52.7 Å². The summed E-state index contributed by atoms with van der Waals surface area (Å²) in [7, 11) is -7.21. The number of alkyl halides is 12. The minimum absolute atomic E-state index is 0.0424. The average molecular weight is 557 g/mol. The molecule has 0 aliphatic rings. The zero-order chi connectivity index (χ0) is 27.3. The summed E-state index contributed by atoms with van der Waals surface area (Å²) in [5.74, 6) is 0. The molecule has 0 fully saturated rings. The van der Waals surface area contributed by atoms with Crippen molar-refractivity contribution in [3.05, 3.63) is 0 Å². The molecule has 0 aromatic rings. The quantitative estimate of drug-likeness (QED) is 0.239. The van der Waals surface area contributed by atoms with Crippen LogP contribution in [-0.2, 0) is 24.7 Å². The second kappa shape index (κ2) is 8.85. The summed E-state index contributed by atoms with van der Waals surface area (Å²) in [6.45, 7) is 1.30. The Bertz CT molecular complexity index is 779. The van der Waals surface area contributed by atoms with Gasteiger partial charge in [0.1, 0.15) is 5.60 Å². The van der Waals surface area contributed by atoms with Crippen LogP contribution in [0.3, 0.4) is 0 Å². The molecule has 0 aromatic heterocycles. The largest absolute Gasteiger partial charge is 0.891 e. The molecule has 0 saturated carbocycles. The molecule has 0 radical (unpaired) electrons. The lowest BCUT2D eigenvalue weighted by Gasteiger charge is -2.51. The third-order valence-electron chi connectivity index (χ3n) is 3.61. The molecule has 0 saturated heterocycles. The monoisotopic (exact) mass is 557 g/mol. The van der Waals surface area contributed by atoms with Crippen molar-refractivity contribution >= 4 is 24.5 Å². The molecule has 0 aromatic carbocycles. The van der Waals surface area contributed by atoms with Crippen molar-refractivity contribution in [1.29, 1.82) is 0 Å². The van der Waals surface area contributed by atoms with Crippen LogP contribution in [0.15, 0.2) is 0 Å². The van der Waals surface area contributed by atoms with Crippen molar-refractivity contribution in [3.63, 3.8) is 0 Å². The van der Waals surface area contributed by atoms with Gasteiger partial charge < -0.3 is 14.6 Å². The summed E-state index contributed by atoms with van der Waals surface area (Å²) in [4.78, 5) is 0. The molecule has 6 nitrogen and oxygen atoms in total. The Morgan fingerprint density at radius 1 is 0.576 bits per heavy atom. The highest BCUT2D eigenvalue weighted by atomic mass is 32.2. The summed E-state index contributed by atoms with van der Waals surface area (Å²) in [5.41, 5.74) is -18.3. The van der Waals surface area contributed by atoms with Crippen molar-refractivity contribution < 1.29 is 75.7 Å². The Morgan fingerprint density at radius 2 is 0.939 bits per heavy atom. The van der Waals surface area contributed by atoms with E-state index in [1.165, 1.54) is 0 Å². The van der Waals surface area contributed by atoms with Gasteiger partial charge in [0.25, 0.3) is 0 Å². The van der Waals surface area contributed by atoms with Crippen molar-refractivity contribution in [3.8, 4) is 0 Å². The van der Waals surface area contributed by atoms with E-state index < -0.39 is 72.3 Å². The number of hydrogen-bond acceptors (Lipinski definition) is 6. The molecule has 200 valence electrons. The van der Waals surface area contributed by atoms with Crippen molar-refractivity contribution in [1.82, 2.24) is 0 Å². The maximum atomic E-state index is 13.3. The summed E-state index contributed by atoms with van der Waals surface area (Å²) in [6.07, 6.45) is -18.8. The lowest BCUT2D eigenvalue weighted by molar-refractivity contribution is -0.369. The van der Waals surface area contributed by atoms with E-state index in [4.69, 9.17) is 0 Å². The second-order valence-electron chi connectivity index (χ2n) is 8.08. The third kappa shape index (κ3) is 7.73. The van der Waals surface area contributed by atoms with E-state index in [-0.39, 0.29) is 13.8 Å². The van der Waals surface area contributed by atoms with E-state index >= 15 is 0 Å². The van der Waals surface area contributed by atoms with Crippen LogP contribution in [-0.4, -0.2) is 63.7 Å². The zero-order valence-electron chi connectivity index (χ0n) is 17.5. The van der Waals surface area contributed by atoms with Crippen LogP contribution in [0, 0.1) is 0 Å². The lowest BCUT2D eigenvalue weighted by atomic mass is 10.1. The number of halogens is 12. The SMILES string of the molecule is CC(C)(C)[O][Al-]([O]C(C)(C)C(F)(F)F)([O]C(C)(C(F)(F)F)C(F)(F)F)[O]S(=O)(=O)C(F)(F)F. The van der Waals surface area contributed by atoms with Gasteiger partial charge in [0.05, 0.1) is 0 Å². The van der Waals surface area contributed by atoms with Crippen molar-refractivity contribution in [2.24, 2.45) is 0 Å². The summed E-state index contributed by atoms with van der Waals surface area (Å²) in [6, 6.07) is 0. The predicted octanol–water partition coefficient (Wildman–Crippen LogP) is 5.36. The maximum Gasteiger partial charge on any atom is 0.891 e. The molecule has 0 aliphatic heterocycles. The van der Waals surface area contributed by atoms with Crippen molar-refractivity contribution in [2.45, 2.75) is 82.4 Å². The molecule has 0 rings (SSSR count). The Balaban J connectivity index is 7.32. The average Bonchev–Trinajstić information content (AvgIpc) is 2.38. The standard InChI is InChI=1S/C4H3F6O.C4H6F3O.C4H9O.CHF3O3S.Al/c1-2(11,3(5,6)7)4(8,9)10;1-3(2,8)4(5,6)7;1-4(2,3)5;2-1(3,4)8(5,6)7;/h1H3;1-2H3;1-3H3;(H,5,6,7);/q3*-1;;+3/p-1. The molecule has 0 aliphatic carbocycles. The predicted molar refractivity (Wildman–Crippen MR) is 85.5 cm³/mol. The first-order valence-corrected chi connectivity index (χ1v) is 11.6. The van der Waals surface area contributed by atoms with Gasteiger partial charge in [0.2, 0.25) is 5.60 Å². The van der Waals surface area contributed by atoms with E-state index in [0.717, 1.165) is 20.8 Å². The van der Waals surface area contributed by atoms with Crippen LogP contribution in [0.2, 0.25) is 0 Å². The van der Waals surface area contributed by atoms with Gasteiger partial charge in [-0.25, -0.2) is 0 Å². The highest BCUT2D eigenvalue weighted by Gasteiger charge is 2.74. The van der Waals surface area contributed by atoms with Gasteiger partial charge in [-0.2, -0.15) is 61.1 Å². The van der Waals surface area contributed by atoms with Gasteiger partial charge >= 0.3 is 48.6 Å². The highest BCUT2D eigenvalue weighted by molar-refractivity contribution is 7.88. The van der Waals surface area contributed by atoms with Gasteiger partial charge in [-0.05, 0) is 41.5 Å². The fraction of sp³-hybridized carbons (Fsp3) is 1.00.